The number of nitro groups is 1. The van der Waals surface area contributed by atoms with E-state index >= 15 is 0 Å². The number of hydrogen-bond donors (Lipinski definition) is 0. The second-order valence-corrected chi connectivity index (χ2v) is 4.88. The number of benzene rings is 2. The molecule has 3 rings (SSSR count). The van der Waals surface area contributed by atoms with Crippen molar-refractivity contribution in [1.82, 2.24) is 9.55 Å². The zero-order chi connectivity index (χ0) is 14.8. The number of para-hydroxylation sites is 2. The number of non-ortho nitro benzene ring substituents is 1. The fraction of sp³-hybridized carbons (Fsp3) is 0.188. The lowest BCUT2D eigenvalue weighted by Gasteiger charge is -2.07. The molecule has 0 saturated carbocycles. The van der Waals surface area contributed by atoms with Crippen molar-refractivity contribution in [2.45, 2.75) is 19.9 Å². The fourth-order valence-corrected chi connectivity index (χ4v) is 2.50. The number of nitro benzene ring substituents is 1. The van der Waals surface area contributed by atoms with Gasteiger partial charge in [0.2, 0.25) is 0 Å². The Labute approximate surface area is 122 Å². The van der Waals surface area contributed by atoms with Crippen LogP contribution in [0.1, 0.15) is 13.3 Å². The molecule has 0 amide bonds. The smallest absolute Gasteiger partial charge is 0.270 e. The molecule has 0 fully saturated rings. The Morgan fingerprint density at radius 2 is 2.00 bits per heavy atom. The van der Waals surface area contributed by atoms with Gasteiger partial charge in [0.15, 0.2) is 0 Å². The summed E-state index contributed by atoms with van der Waals surface area (Å²) in [7, 11) is 0. The highest BCUT2D eigenvalue weighted by molar-refractivity contribution is 5.80. The predicted octanol–water partition coefficient (Wildman–Crippen LogP) is 4.02. The summed E-state index contributed by atoms with van der Waals surface area (Å²) in [4.78, 5) is 15.2. The average Bonchev–Trinajstić information content (AvgIpc) is 2.87. The Morgan fingerprint density at radius 3 is 2.76 bits per heavy atom. The number of rotatable bonds is 4. The van der Waals surface area contributed by atoms with E-state index in [1.807, 2.05) is 30.3 Å². The molecular formula is C16H15N3O2. The quantitative estimate of drug-likeness (QED) is 0.536. The third-order valence-electron chi connectivity index (χ3n) is 3.42. The van der Waals surface area contributed by atoms with Crippen LogP contribution in [0, 0.1) is 10.1 Å². The molecule has 5 heteroatoms. The number of aryl methyl sites for hydroxylation is 1. The number of hydrogen-bond acceptors (Lipinski definition) is 3. The average molecular weight is 281 g/mol. The largest absolute Gasteiger partial charge is 0.324 e. The molecule has 0 saturated heterocycles. The topological polar surface area (TPSA) is 61.0 Å². The van der Waals surface area contributed by atoms with Gasteiger partial charge >= 0.3 is 0 Å². The predicted molar refractivity (Wildman–Crippen MR) is 82.1 cm³/mol. The van der Waals surface area contributed by atoms with Gasteiger partial charge in [-0.3, -0.25) is 10.1 Å². The van der Waals surface area contributed by atoms with E-state index in [-0.39, 0.29) is 10.6 Å². The fourth-order valence-electron chi connectivity index (χ4n) is 2.50. The van der Waals surface area contributed by atoms with Crippen LogP contribution >= 0.6 is 0 Å². The molecule has 5 nitrogen and oxygen atoms in total. The lowest BCUT2D eigenvalue weighted by molar-refractivity contribution is -0.384. The number of fused-ring (bicyclic) bond motifs is 1. The first-order chi connectivity index (χ1) is 10.2. The van der Waals surface area contributed by atoms with Gasteiger partial charge in [0.25, 0.3) is 5.69 Å². The van der Waals surface area contributed by atoms with Crippen LogP contribution in [0.4, 0.5) is 5.69 Å². The number of aromatic nitrogens is 2. The SMILES string of the molecule is CCCn1c(-c2cccc([N+](=O)[O-])c2)nc2ccccc21. The van der Waals surface area contributed by atoms with Gasteiger partial charge in [0.05, 0.1) is 16.0 Å². The molecule has 21 heavy (non-hydrogen) atoms. The highest BCUT2D eigenvalue weighted by Crippen LogP contribution is 2.27. The minimum absolute atomic E-state index is 0.0857. The van der Waals surface area contributed by atoms with Gasteiger partial charge in [-0.05, 0) is 18.6 Å². The van der Waals surface area contributed by atoms with Crippen LogP contribution in [0.25, 0.3) is 22.4 Å². The van der Waals surface area contributed by atoms with Gasteiger partial charge in [-0.1, -0.05) is 31.2 Å². The molecule has 0 aliphatic heterocycles. The van der Waals surface area contributed by atoms with Crippen molar-refractivity contribution < 1.29 is 4.92 Å². The third kappa shape index (κ3) is 2.38. The van der Waals surface area contributed by atoms with E-state index in [0.29, 0.717) is 0 Å². The van der Waals surface area contributed by atoms with Crippen molar-refractivity contribution in [3.8, 4) is 11.4 Å². The van der Waals surface area contributed by atoms with Gasteiger partial charge < -0.3 is 4.57 Å². The molecule has 0 aliphatic carbocycles. The molecule has 0 atom stereocenters. The Morgan fingerprint density at radius 1 is 1.19 bits per heavy atom. The van der Waals surface area contributed by atoms with Crippen molar-refractivity contribution in [3.05, 3.63) is 58.6 Å². The monoisotopic (exact) mass is 281 g/mol. The molecule has 0 aliphatic rings. The van der Waals surface area contributed by atoms with Gasteiger partial charge in [-0.2, -0.15) is 0 Å². The zero-order valence-corrected chi connectivity index (χ0v) is 11.7. The van der Waals surface area contributed by atoms with Crippen LogP contribution in [0.2, 0.25) is 0 Å². The normalized spacial score (nSPS) is 10.9. The van der Waals surface area contributed by atoms with Crippen molar-refractivity contribution in [2.75, 3.05) is 0 Å². The van der Waals surface area contributed by atoms with Crippen LogP contribution in [-0.4, -0.2) is 14.5 Å². The van der Waals surface area contributed by atoms with Crippen LogP contribution < -0.4 is 0 Å². The molecule has 0 radical (unpaired) electrons. The van der Waals surface area contributed by atoms with Crippen LogP contribution in [0.3, 0.4) is 0 Å². The first kappa shape index (κ1) is 13.3. The van der Waals surface area contributed by atoms with E-state index < -0.39 is 0 Å². The molecule has 0 bridgehead atoms. The Balaban J connectivity index is 2.21. The van der Waals surface area contributed by atoms with Crippen molar-refractivity contribution in [1.29, 1.82) is 0 Å². The van der Waals surface area contributed by atoms with Gasteiger partial charge in [0.1, 0.15) is 5.82 Å². The Kier molecular flexibility index (Phi) is 3.39. The van der Waals surface area contributed by atoms with Crippen LogP contribution in [0.5, 0.6) is 0 Å². The summed E-state index contributed by atoms with van der Waals surface area (Å²) in [6, 6.07) is 14.5. The number of nitrogens with zero attached hydrogens (tertiary/aromatic N) is 3. The number of imidazole rings is 1. The first-order valence-corrected chi connectivity index (χ1v) is 6.91. The molecule has 3 aromatic rings. The summed E-state index contributed by atoms with van der Waals surface area (Å²) < 4.78 is 2.12. The molecule has 1 aromatic heterocycles. The molecule has 1 heterocycles. The molecule has 0 spiro atoms. The van der Waals surface area contributed by atoms with Gasteiger partial charge in [0, 0.05) is 24.2 Å². The zero-order valence-electron chi connectivity index (χ0n) is 11.7. The highest BCUT2D eigenvalue weighted by Gasteiger charge is 2.14. The standard InChI is InChI=1S/C16H15N3O2/c1-2-10-18-15-9-4-3-8-14(15)17-16(18)12-6-5-7-13(11-12)19(20)21/h3-9,11H,2,10H2,1H3. The van der Waals surface area contributed by atoms with E-state index in [0.717, 1.165) is 35.4 Å². The molecule has 106 valence electrons. The Bertz CT molecular complexity index is 808. The molecule has 2 aromatic carbocycles. The summed E-state index contributed by atoms with van der Waals surface area (Å²) in [5, 5.41) is 10.9. The first-order valence-electron chi connectivity index (χ1n) is 6.91. The maximum Gasteiger partial charge on any atom is 0.270 e. The molecule has 0 N–H and O–H groups in total. The van der Waals surface area contributed by atoms with Crippen molar-refractivity contribution in [3.63, 3.8) is 0 Å². The highest BCUT2D eigenvalue weighted by atomic mass is 16.6. The summed E-state index contributed by atoms with van der Waals surface area (Å²) >= 11 is 0. The lowest BCUT2D eigenvalue weighted by atomic mass is 10.2. The van der Waals surface area contributed by atoms with Crippen LogP contribution in [-0.2, 0) is 6.54 Å². The van der Waals surface area contributed by atoms with Crippen molar-refractivity contribution >= 4 is 16.7 Å². The minimum Gasteiger partial charge on any atom is -0.324 e. The minimum atomic E-state index is -0.379. The van der Waals surface area contributed by atoms with E-state index in [2.05, 4.69) is 16.5 Å². The second-order valence-electron chi connectivity index (χ2n) is 4.88. The van der Waals surface area contributed by atoms with E-state index in [1.165, 1.54) is 6.07 Å². The molecular weight excluding hydrogens is 266 g/mol. The van der Waals surface area contributed by atoms with E-state index in [1.54, 1.807) is 12.1 Å². The van der Waals surface area contributed by atoms with Crippen molar-refractivity contribution in [2.24, 2.45) is 0 Å². The lowest BCUT2D eigenvalue weighted by Crippen LogP contribution is -2.00. The van der Waals surface area contributed by atoms with Crippen LogP contribution in [0.15, 0.2) is 48.5 Å². The molecule has 0 unspecified atom stereocenters. The maximum atomic E-state index is 10.9. The summed E-state index contributed by atoms with van der Waals surface area (Å²) in [6.07, 6.45) is 0.974. The Hall–Kier alpha value is -2.69. The van der Waals surface area contributed by atoms with E-state index in [9.17, 15) is 10.1 Å². The van der Waals surface area contributed by atoms with Gasteiger partial charge in [-0.15, -0.1) is 0 Å². The maximum absolute atomic E-state index is 10.9. The van der Waals surface area contributed by atoms with Gasteiger partial charge in [-0.25, -0.2) is 4.98 Å². The summed E-state index contributed by atoms with van der Waals surface area (Å²) in [5.41, 5.74) is 2.82. The third-order valence-corrected chi connectivity index (χ3v) is 3.42. The second kappa shape index (κ2) is 5.36. The summed E-state index contributed by atoms with van der Waals surface area (Å²) in [6.45, 7) is 2.94. The summed E-state index contributed by atoms with van der Waals surface area (Å²) in [5.74, 6) is 0.779. The van der Waals surface area contributed by atoms with E-state index in [4.69, 9.17) is 0 Å².